The molecule has 2 aliphatic rings. The number of para-hydroxylation sites is 1. The number of amides is 1. The third-order valence-corrected chi connectivity index (χ3v) is 4.84. The van der Waals surface area contributed by atoms with Crippen LogP contribution in [0.3, 0.4) is 0 Å². The van der Waals surface area contributed by atoms with Gasteiger partial charge in [0.1, 0.15) is 0 Å². The van der Waals surface area contributed by atoms with E-state index < -0.39 is 0 Å². The summed E-state index contributed by atoms with van der Waals surface area (Å²) in [6.45, 7) is 3.96. The Hall–Kier alpha value is -1.55. The Bertz CT molecular complexity index is 456. The first kappa shape index (κ1) is 13.4. The van der Waals surface area contributed by atoms with Gasteiger partial charge in [0.05, 0.1) is 5.41 Å². The third-order valence-electron chi connectivity index (χ3n) is 4.84. The van der Waals surface area contributed by atoms with Crippen molar-refractivity contribution in [3.63, 3.8) is 0 Å². The molecular weight excluding hydrogens is 250 g/mol. The number of anilines is 1. The molecule has 1 saturated heterocycles. The molecule has 0 unspecified atom stereocenters. The monoisotopic (exact) mass is 273 g/mol. The number of benzene rings is 1. The van der Waals surface area contributed by atoms with Gasteiger partial charge < -0.3 is 15.5 Å². The fourth-order valence-corrected chi connectivity index (χ4v) is 3.25. The molecule has 4 nitrogen and oxygen atoms in total. The smallest absolute Gasteiger partial charge is 0.230 e. The molecule has 1 aliphatic heterocycles. The normalized spacial score (nSPS) is 21.4. The molecule has 4 heteroatoms. The van der Waals surface area contributed by atoms with Crippen LogP contribution in [-0.4, -0.2) is 43.5 Å². The van der Waals surface area contributed by atoms with E-state index in [2.05, 4.69) is 29.2 Å². The number of carbonyl (C=O) groups is 1. The molecule has 1 aromatic carbocycles. The first-order valence-electron chi connectivity index (χ1n) is 7.55. The lowest BCUT2D eigenvalue weighted by Gasteiger charge is -2.45. The highest BCUT2D eigenvalue weighted by Crippen LogP contribution is 2.41. The van der Waals surface area contributed by atoms with E-state index in [4.69, 9.17) is 5.73 Å². The summed E-state index contributed by atoms with van der Waals surface area (Å²) < 4.78 is 0. The molecule has 1 aromatic rings. The SMILES string of the molecule is NCC1(C(=O)N2CCN(c3ccccc3)CC2)CCC1. The van der Waals surface area contributed by atoms with Crippen molar-refractivity contribution in [2.45, 2.75) is 19.3 Å². The third kappa shape index (κ3) is 2.29. The van der Waals surface area contributed by atoms with Gasteiger partial charge in [0, 0.05) is 38.4 Å². The fraction of sp³-hybridized carbons (Fsp3) is 0.562. The van der Waals surface area contributed by atoms with Gasteiger partial charge in [-0.3, -0.25) is 4.79 Å². The molecule has 1 saturated carbocycles. The van der Waals surface area contributed by atoms with Crippen molar-refractivity contribution >= 4 is 11.6 Å². The minimum absolute atomic E-state index is 0.227. The summed E-state index contributed by atoms with van der Waals surface area (Å²) in [5.74, 6) is 0.291. The molecule has 0 spiro atoms. The van der Waals surface area contributed by atoms with Gasteiger partial charge >= 0.3 is 0 Å². The van der Waals surface area contributed by atoms with E-state index in [9.17, 15) is 4.79 Å². The predicted molar refractivity (Wildman–Crippen MR) is 80.6 cm³/mol. The van der Waals surface area contributed by atoms with E-state index in [1.165, 1.54) is 5.69 Å². The molecule has 3 rings (SSSR count). The van der Waals surface area contributed by atoms with Gasteiger partial charge in [-0.05, 0) is 25.0 Å². The summed E-state index contributed by atoms with van der Waals surface area (Å²) in [6.07, 6.45) is 3.09. The van der Waals surface area contributed by atoms with Crippen molar-refractivity contribution in [1.82, 2.24) is 4.90 Å². The molecule has 0 radical (unpaired) electrons. The van der Waals surface area contributed by atoms with Crippen LogP contribution < -0.4 is 10.6 Å². The number of piperazine rings is 1. The Balaban J connectivity index is 1.60. The first-order chi connectivity index (χ1) is 9.75. The predicted octanol–water partition coefficient (Wildman–Crippen LogP) is 1.46. The number of hydrogen-bond acceptors (Lipinski definition) is 3. The molecule has 1 heterocycles. The van der Waals surface area contributed by atoms with Gasteiger partial charge in [0.2, 0.25) is 5.91 Å². The summed E-state index contributed by atoms with van der Waals surface area (Å²) in [4.78, 5) is 17.0. The minimum atomic E-state index is -0.227. The first-order valence-corrected chi connectivity index (χ1v) is 7.55. The van der Waals surface area contributed by atoms with Crippen molar-refractivity contribution in [1.29, 1.82) is 0 Å². The fourth-order valence-electron chi connectivity index (χ4n) is 3.25. The van der Waals surface area contributed by atoms with Gasteiger partial charge in [0.15, 0.2) is 0 Å². The van der Waals surface area contributed by atoms with E-state index >= 15 is 0 Å². The maximum atomic E-state index is 12.6. The van der Waals surface area contributed by atoms with Crippen LogP contribution in [0.25, 0.3) is 0 Å². The van der Waals surface area contributed by atoms with Crippen molar-refractivity contribution in [3.8, 4) is 0 Å². The van der Waals surface area contributed by atoms with Crippen LogP contribution in [0, 0.1) is 5.41 Å². The molecule has 108 valence electrons. The molecule has 0 aromatic heterocycles. The number of rotatable bonds is 3. The van der Waals surface area contributed by atoms with Crippen LogP contribution in [-0.2, 0) is 4.79 Å². The molecule has 1 aliphatic carbocycles. The molecule has 0 atom stereocenters. The second kappa shape index (κ2) is 5.44. The van der Waals surface area contributed by atoms with Crippen LogP contribution in [0.5, 0.6) is 0 Å². The highest BCUT2D eigenvalue weighted by Gasteiger charge is 2.45. The van der Waals surface area contributed by atoms with Gasteiger partial charge in [-0.2, -0.15) is 0 Å². The van der Waals surface area contributed by atoms with E-state index in [-0.39, 0.29) is 5.41 Å². The van der Waals surface area contributed by atoms with E-state index in [1.807, 2.05) is 11.0 Å². The van der Waals surface area contributed by atoms with Crippen molar-refractivity contribution < 1.29 is 4.79 Å². The lowest BCUT2D eigenvalue weighted by Crippen LogP contribution is -2.57. The van der Waals surface area contributed by atoms with E-state index in [0.29, 0.717) is 12.5 Å². The Labute approximate surface area is 120 Å². The average Bonchev–Trinajstić information content (AvgIpc) is 2.48. The quantitative estimate of drug-likeness (QED) is 0.907. The second-order valence-corrected chi connectivity index (χ2v) is 5.95. The van der Waals surface area contributed by atoms with E-state index in [1.54, 1.807) is 0 Å². The summed E-state index contributed by atoms with van der Waals surface area (Å²) in [5.41, 5.74) is 6.86. The zero-order valence-corrected chi connectivity index (χ0v) is 11.9. The zero-order valence-electron chi connectivity index (χ0n) is 11.9. The Morgan fingerprint density at radius 1 is 1.10 bits per heavy atom. The van der Waals surface area contributed by atoms with Crippen LogP contribution >= 0.6 is 0 Å². The Kier molecular flexibility index (Phi) is 3.66. The van der Waals surface area contributed by atoms with Crippen molar-refractivity contribution in [2.75, 3.05) is 37.6 Å². The summed E-state index contributed by atoms with van der Waals surface area (Å²) in [6, 6.07) is 10.4. The summed E-state index contributed by atoms with van der Waals surface area (Å²) in [7, 11) is 0. The van der Waals surface area contributed by atoms with Crippen molar-refractivity contribution in [3.05, 3.63) is 30.3 Å². The molecular formula is C16H23N3O. The zero-order chi connectivity index (χ0) is 14.0. The lowest BCUT2D eigenvalue weighted by atomic mass is 9.67. The molecule has 0 bridgehead atoms. The summed E-state index contributed by atoms with van der Waals surface area (Å²) >= 11 is 0. The number of nitrogens with two attached hydrogens (primary N) is 1. The van der Waals surface area contributed by atoms with Crippen LogP contribution in [0.1, 0.15) is 19.3 Å². The van der Waals surface area contributed by atoms with E-state index in [0.717, 1.165) is 45.4 Å². The number of hydrogen-bond donors (Lipinski definition) is 1. The maximum Gasteiger partial charge on any atom is 0.230 e. The molecule has 2 N–H and O–H groups in total. The van der Waals surface area contributed by atoms with Crippen LogP contribution in [0.2, 0.25) is 0 Å². The Morgan fingerprint density at radius 2 is 1.75 bits per heavy atom. The number of nitrogens with zero attached hydrogens (tertiary/aromatic N) is 2. The van der Waals surface area contributed by atoms with Gasteiger partial charge in [-0.15, -0.1) is 0 Å². The Morgan fingerprint density at radius 3 is 2.25 bits per heavy atom. The highest BCUT2D eigenvalue weighted by atomic mass is 16.2. The topological polar surface area (TPSA) is 49.6 Å². The summed E-state index contributed by atoms with van der Waals surface area (Å²) in [5, 5.41) is 0. The maximum absolute atomic E-state index is 12.6. The van der Waals surface area contributed by atoms with Crippen LogP contribution in [0.15, 0.2) is 30.3 Å². The minimum Gasteiger partial charge on any atom is -0.368 e. The molecule has 2 fully saturated rings. The largest absolute Gasteiger partial charge is 0.368 e. The standard InChI is InChI=1S/C16H23N3O/c17-13-16(7-4-8-16)15(20)19-11-9-18(10-12-19)14-5-2-1-3-6-14/h1-3,5-6H,4,7-13,17H2. The van der Waals surface area contributed by atoms with Gasteiger partial charge in [-0.1, -0.05) is 24.6 Å². The molecule has 1 amide bonds. The van der Waals surface area contributed by atoms with Crippen molar-refractivity contribution in [2.24, 2.45) is 11.1 Å². The molecule has 20 heavy (non-hydrogen) atoms. The van der Waals surface area contributed by atoms with Crippen LogP contribution in [0.4, 0.5) is 5.69 Å². The van der Waals surface area contributed by atoms with Gasteiger partial charge in [-0.25, -0.2) is 0 Å². The highest BCUT2D eigenvalue weighted by molar-refractivity contribution is 5.84. The number of carbonyl (C=O) groups excluding carboxylic acids is 1. The average molecular weight is 273 g/mol. The second-order valence-electron chi connectivity index (χ2n) is 5.95. The lowest BCUT2D eigenvalue weighted by molar-refractivity contribution is -0.147. The van der Waals surface area contributed by atoms with Gasteiger partial charge in [0.25, 0.3) is 0 Å².